The summed E-state index contributed by atoms with van der Waals surface area (Å²) in [6.07, 6.45) is 5.53. The van der Waals surface area contributed by atoms with Gasteiger partial charge in [0.1, 0.15) is 0 Å². The molecule has 0 radical (unpaired) electrons. The summed E-state index contributed by atoms with van der Waals surface area (Å²) in [7, 11) is 0. The Kier molecular flexibility index (Phi) is 3.78. The molecule has 0 heterocycles. The van der Waals surface area contributed by atoms with Crippen molar-refractivity contribution in [2.24, 2.45) is 11.8 Å². The van der Waals surface area contributed by atoms with Crippen LogP contribution in [0.3, 0.4) is 0 Å². The topological polar surface area (TPSA) is 12.0 Å². The van der Waals surface area contributed by atoms with E-state index in [9.17, 15) is 0 Å². The van der Waals surface area contributed by atoms with E-state index < -0.39 is 0 Å². The van der Waals surface area contributed by atoms with Crippen LogP contribution in [0.25, 0.3) is 0 Å². The molecule has 0 amide bonds. The highest BCUT2D eigenvalue weighted by molar-refractivity contribution is 4.94. The fraction of sp³-hybridized carbons (Fsp3) is 1.00. The van der Waals surface area contributed by atoms with E-state index in [2.05, 4.69) is 33.0 Å². The molecule has 1 aliphatic rings. The lowest BCUT2D eigenvalue weighted by Gasteiger charge is -2.28. The number of hydrogen-bond donors (Lipinski definition) is 1. The average Bonchev–Trinajstić information content (AvgIpc) is 2.84. The largest absolute Gasteiger partial charge is 0.311 e. The Morgan fingerprint density at radius 3 is 2.46 bits per heavy atom. The molecule has 0 aliphatic heterocycles. The van der Waals surface area contributed by atoms with E-state index in [4.69, 9.17) is 0 Å². The predicted molar refractivity (Wildman–Crippen MR) is 58.9 cm³/mol. The molecule has 1 rings (SSSR count). The normalized spacial score (nSPS) is 20.3. The van der Waals surface area contributed by atoms with Gasteiger partial charge < -0.3 is 5.32 Å². The minimum atomic E-state index is 0.391. The van der Waals surface area contributed by atoms with Crippen LogP contribution in [0.2, 0.25) is 0 Å². The zero-order chi connectivity index (χ0) is 9.90. The Morgan fingerprint density at radius 2 is 2.00 bits per heavy atom. The third-order valence-electron chi connectivity index (χ3n) is 3.29. The van der Waals surface area contributed by atoms with Gasteiger partial charge in [0.2, 0.25) is 0 Å². The molecule has 1 saturated carbocycles. The van der Waals surface area contributed by atoms with Crippen LogP contribution in [0, 0.1) is 11.8 Å². The maximum Gasteiger partial charge on any atom is 0.0153 e. The lowest BCUT2D eigenvalue weighted by Crippen LogP contribution is -2.43. The molecule has 1 fully saturated rings. The molecule has 0 aromatic carbocycles. The molecular weight excluding hydrogens is 158 g/mol. The van der Waals surface area contributed by atoms with Crippen molar-refractivity contribution in [2.75, 3.05) is 6.54 Å². The van der Waals surface area contributed by atoms with Crippen LogP contribution < -0.4 is 5.32 Å². The van der Waals surface area contributed by atoms with Crippen molar-refractivity contribution in [3.05, 3.63) is 0 Å². The average molecular weight is 183 g/mol. The Labute approximate surface area is 83.3 Å². The molecule has 0 spiro atoms. The van der Waals surface area contributed by atoms with Gasteiger partial charge in [0.15, 0.2) is 0 Å². The van der Waals surface area contributed by atoms with Gasteiger partial charge in [-0.2, -0.15) is 0 Å². The maximum atomic E-state index is 3.71. The van der Waals surface area contributed by atoms with Crippen molar-refractivity contribution in [3.8, 4) is 0 Å². The molecule has 0 aromatic rings. The second-order valence-corrected chi connectivity index (χ2v) is 5.27. The number of nitrogens with one attached hydrogen (secondary N) is 1. The summed E-state index contributed by atoms with van der Waals surface area (Å²) >= 11 is 0. The zero-order valence-corrected chi connectivity index (χ0v) is 9.69. The van der Waals surface area contributed by atoms with Gasteiger partial charge in [-0.15, -0.1) is 0 Å². The lowest BCUT2D eigenvalue weighted by atomic mass is 9.97. The van der Waals surface area contributed by atoms with Crippen LogP contribution in [0.4, 0.5) is 0 Å². The summed E-state index contributed by atoms with van der Waals surface area (Å²) in [5.74, 6) is 1.78. The first-order chi connectivity index (χ1) is 6.06. The molecule has 1 atom stereocenters. The van der Waals surface area contributed by atoms with E-state index in [1.807, 2.05) is 0 Å². The van der Waals surface area contributed by atoms with Gasteiger partial charge in [0.25, 0.3) is 0 Å². The van der Waals surface area contributed by atoms with Gasteiger partial charge in [0.05, 0.1) is 0 Å². The highest BCUT2D eigenvalue weighted by atomic mass is 15.0. The summed E-state index contributed by atoms with van der Waals surface area (Å²) in [5, 5.41) is 3.71. The fourth-order valence-electron chi connectivity index (χ4n) is 1.98. The molecule has 0 saturated heterocycles. The van der Waals surface area contributed by atoms with Crippen molar-refractivity contribution in [2.45, 2.75) is 58.9 Å². The molecule has 1 aliphatic carbocycles. The van der Waals surface area contributed by atoms with Gasteiger partial charge >= 0.3 is 0 Å². The Hall–Kier alpha value is -0.0400. The Morgan fingerprint density at radius 1 is 1.38 bits per heavy atom. The highest BCUT2D eigenvalue weighted by Crippen LogP contribution is 2.39. The SMILES string of the molecule is CCCC(C)CNC(C)(C)C1CC1. The van der Waals surface area contributed by atoms with E-state index in [0.29, 0.717) is 5.54 Å². The van der Waals surface area contributed by atoms with E-state index in [-0.39, 0.29) is 0 Å². The van der Waals surface area contributed by atoms with Gasteiger partial charge in [0, 0.05) is 5.54 Å². The quantitative estimate of drug-likeness (QED) is 0.667. The second-order valence-electron chi connectivity index (χ2n) is 5.27. The third-order valence-corrected chi connectivity index (χ3v) is 3.29. The monoisotopic (exact) mass is 183 g/mol. The van der Waals surface area contributed by atoms with Crippen LogP contribution >= 0.6 is 0 Å². The van der Waals surface area contributed by atoms with Crippen LogP contribution in [-0.2, 0) is 0 Å². The maximum absolute atomic E-state index is 3.71. The minimum Gasteiger partial charge on any atom is -0.311 e. The Balaban J connectivity index is 2.16. The molecule has 78 valence electrons. The van der Waals surface area contributed by atoms with Crippen LogP contribution in [0.15, 0.2) is 0 Å². The summed E-state index contributed by atoms with van der Waals surface area (Å²) in [4.78, 5) is 0. The molecule has 1 N–H and O–H groups in total. The van der Waals surface area contributed by atoms with Crippen molar-refractivity contribution >= 4 is 0 Å². The van der Waals surface area contributed by atoms with E-state index in [1.165, 1.54) is 32.2 Å². The van der Waals surface area contributed by atoms with Crippen molar-refractivity contribution in [3.63, 3.8) is 0 Å². The fourth-order valence-corrected chi connectivity index (χ4v) is 1.98. The van der Waals surface area contributed by atoms with Crippen molar-refractivity contribution in [1.82, 2.24) is 5.32 Å². The minimum absolute atomic E-state index is 0.391. The van der Waals surface area contributed by atoms with Crippen molar-refractivity contribution < 1.29 is 0 Å². The summed E-state index contributed by atoms with van der Waals surface area (Å²) in [6, 6.07) is 0. The smallest absolute Gasteiger partial charge is 0.0153 e. The predicted octanol–water partition coefficient (Wildman–Crippen LogP) is 3.20. The van der Waals surface area contributed by atoms with Gasteiger partial charge in [-0.05, 0) is 51.5 Å². The second kappa shape index (κ2) is 4.45. The third kappa shape index (κ3) is 3.68. The standard InChI is InChI=1S/C12H25N/c1-5-6-10(2)9-13-12(3,4)11-7-8-11/h10-11,13H,5-9H2,1-4H3. The van der Waals surface area contributed by atoms with Crippen molar-refractivity contribution in [1.29, 1.82) is 0 Å². The summed E-state index contributed by atoms with van der Waals surface area (Å²) in [5.41, 5.74) is 0.391. The highest BCUT2D eigenvalue weighted by Gasteiger charge is 2.37. The van der Waals surface area contributed by atoms with Crippen LogP contribution in [0.5, 0.6) is 0 Å². The molecule has 13 heavy (non-hydrogen) atoms. The van der Waals surface area contributed by atoms with Gasteiger partial charge in [-0.25, -0.2) is 0 Å². The lowest BCUT2D eigenvalue weighted by molar-refractivity contribution is 0.312. The summed E-state index contributed by atoms with van der Waals surface area (Å²) < 4.78 is 0. The Bertz CT molecular complexity index is 147. The molecule has 1 unspecified atom stereocenters. The van der Waals surface area contributed by atoms with E-state index >= 15 is 0 Å². The first-order valence-electron chi connectivity index (χ1n) is 5.81. The first-order valence-corrected chi connectivity index (χ1v) is 5.81. The number of rotatable bonds is 6. The molecule has 1 heteroatoms. The van der Waals surface area contributed by atoms with Crippen LogP contribution in [0.1, 0.15) is 53.4 Å². The molecule has 0 aromatic heterocycles. The van der Waals surface area contributed by atoms with E-state index in [1.54, 1.807) is 0 Å². The summed E-state index contributed by atoms with van der Waals surface area (Å²) in [6.45, 7) is 10.5. The van der Waals surface area contributed by atoms with Crippen LogP contribution in [-0.4, -0.2) is 12.1 Å². The zero-order valence-electron chi connectivity index (χ0n) is 9.69. The van der Waals surface area contributed by atoms with Gasteiger partial charge in [-0.3, -0.25) is 0 Å². The van der Waals surface area contributed by atoms with E-state index in [0.717, 1.165) is 11.8 Å². The number of hydrogen-bond acceptors (Lipinski definition) is 1. The molecular formula is C12H25N. The van der Waals surface area contributed by atoms with Gasteiger partial charge in [-0.1, -0.05) is 20.3 Å². The first kappa shape index (κ1) is 11.0. The molecule has 0 bridgehead atoms. The molecule has 1 nitrogen and oxygen atoms in total.